The van der Waals surface area contributed by atoms with Gasteiger partial charge in [0.1, 0.15) is 12.0 Å². The van der Waals surface area contributed by atoms with E-state index in [2.05, 4.69) is 4.72 Å². The molecule has 6 atom stereocenters. The Labute approximate surface area is 194 Å². The summed E-state index contributed by atoms with van der Waals surface area (Å²) >= 11 is 0. The molecule has 8 nitrogen and oxygen atoms in total. The molecule has 1 saturated carbocycles. The zero-order valence-corrected chi connectivity index (χ0v) is 20.2. The van der Waals surface area contributed by atoms with Gasteiger partial charge >= 0.3 is 6.09 Å². The first-order valence-electron chi connectivity index (χ1n) is 11.1. The molecule has 1 amide bonds. The number of hydrogen-bond donors (Lipinski definition) is 1. The number of hydrogen-bond acceptors (Lipinski definition) is 5. The van der Waals surface area contributed by atoms with E-state index in [0.29, 0.717) is 19.3 Å². The first-order chi connectivity index (χ1) is 15.5. The van der Waals surface area contributed by atoms with E-state index in [1.54, 1.807) is 19.1 Å². The fourth-order valence-corrected chi connectivity index (χ4v) is 5.61. The van der Waals surface area contributed by atoms with Crippen molar-refractivity contribution in [3.63, 3.8) is 0 Å². The van der Waals surface area contributed by atoms with Crippen LogP contribution < -0.4 is 4.72 Å². The van der Waals surface area contributed by atoms with Crippen molar-refractivity contribution in [2.75, 3.05) is 27.8 Å². The monoisotopic (exact) mass is 489 g/mol. The van der Waals surface area contributed by atoms with E-state index in [4.69, 9.17) is 9.47 Å². The van der Waals surface area contributed by atoms with Crippen molar-refractivity contribution in [1.82, 2.24) is 13.9 Å². The molecular formula is C22H33F2N3O5S. The summed E-state index contributed by atoms with van der Waals surface area (Å²) in [6.07, 6.45) is -0.849. The highest BCUT2D eigenvalue weighted by Gasteiger charge is 2.45. The third kappa shape index (κ3) is 6.00. The number of nitrogens with one attached hydrogen (secondary N) is 1. The van der Waals surface area contributed by atoms with Crippen LogP contribution in [0.25, 0.3) is 0 Å². The second kappa shape index (κ2) is 10.6. The second-order valence-electron chi connectivity index (χ2n) is 8.99. The third-order valence-corrected chi connectivity index (χ3v) is 8.13. The number of carbonyl (C=O) groups excluding carboxylic acids is 1. The van der Waals surface area contributed by atoms with Gasteiger partial charge in [0.25, 0.3) is 10.2 Å². The van der Waals surface area contributed by atoms with Gasteiger partial charge in [-0.05, 0) is 56.2 Å². The van der Waals surface area contributed by atoms with Gasteiger partial charge in [0.05, 0.1) is 25.9 Å². The summed E-state index contributed by atoms with van der Waals surface area (Å²) in [5, 5.41) is 0. The van der Waals surface area contributed by atoms with Crippen LogP contribution in [0.5, 0.6) is 0 Å². The Morgan fingerprint density at radius 2 is 2.00 bits per heavy atom. The topological polar surface area (TPSA) is 88.2 Å². The van der Waals surface area contributed by atoms with Crippen LogP contribution in [0.2, 0.25) is 0 Å². The first-order valence-corrected chi connectivity index (χ1v) is 12.5. The lowest BCUT2D eigenvalue weighted by Crippen LogP contribution is -2.52. The third-order valence-electron chi connectivity index (χ3n) is 6.57. The summed E-state index contributed by atoms with van der Waals surface area (Å²) in [6, 6.07) is 4.69. The Morgan fingerprint density at radius 3 is 2.61 bits per heavy atom. The Morgan fingerprint density at radius 1 is 1.27 bits per heavy atom. The molecule has 1 N–H and O–H groups in total. The Balaban J connectivity index is 1.67. The zero-order chi connectivity index (χ0) is 24.3. The number of benzene rings is 1. The molecule has 1 aromatic rings. The maximum atomic E-state index is 15.0. The number of ether oxygens (including phenoxy) is 2. The molecule has 186 valence electrons. The second-order valence-corrected chi connectivity index (χ2v) is 10.9. The van der Waals surface area contributed by atoms with Crippen LogP contribution in [0.4, 0.5) is 13.6 Å². The lowest BCUT2D eigenvalue weighted by atomic mass is 9.81. The first kappa shape index (κ1) is 25.8. The molecule has 11 heteroatoms. The van der Waals surface area contributed by atoms with Crippen LogP contribution in [0, 0.1) is 5.82 Å². The maximum absolute atomic E-state index is 15.0. The summed E-state index contributed by atoms with van der Waals surface area (Å²) in [5.41, 5.74) is 0.774. The van der Waals surface area contributed by atoms with Gasteiger partial charge < -0.3 is 9.47 Å². The minimum Gasteiger partial charge on any atom is -0.453 e. The van der Waals surface area contributed by atoms with E-state index in [1.807, 2.05) is 0 Å². The molecule has 1 aliphatic carbocycles. The van der Waals surface area contributed by atoms with Gasteiger partial charge in [0.15, 0.2) is 0 Å². The number of carbonyl (C=O) groups is 1. The van der Waals surface area contributed by atoms with Gasteiger partial charge in [0.2, 0.25) is 0 Å². The van der Waals surface area contributed by atoms with Crippen molar-refractivity contribution < 1.29 is 31.5 Å². The minimum atomic E-state index is -3.74. The quantitative estimate of drug-likeness (QED) is 0.637. The van der Waals surface area contributed by atoms with E-state index in [9.17, 15) is 22.0 Å². The van der Waals surface area contributed by atoms with Gasteiger partial charge in [-0.15, -0.1) is 0 Å². The van der Waals surface area contributed by atoms with E-state index >= 15 is 0 Å². The average molecular weight is 490 g/mol. The molecule has 0 aromatic heterocycles. The SMILES string of the molecule is COC(=O)N1[C@H](C)C[C@H](NS(=O)(=O)N(C)C)[C@@H]1CO[C@@H]1CC[C@H](c2cccc(F)c2)CC1F. The summed E-state index contributed by atoms with van der Waals surface area (Å²) in [6.45, 7) is 1.77. The van der Waals surface area contributed by atoms with Crippen molar-refractivity contribution in [2.24, 2.45) is 0 Å². The number of methoxy groups -OCH3 is 1. The predicted octanol–water partition coefficient (Wildman–Crippen LogP) is 2.81. The van der Waals surface area contributed by atoms with E-state index in [1.165, 1.54) is 38.2 Å². The molecule has 1 unspecified atom stereocenters. The molecule has 0 spiro atoms. The lowest BCUT2D eigenvalue weighted by molar-refractivity contribution is -0.0483. The maximum Gasteiger partial charge on any atom is 0.410 e. The molecule has 2 aliphatic rings. The summed E-state index contributed by atoms with van der Waals surface area (Å²) < 4.78 is 67.8. The van der Waals surface area contributed by atoms with Gasteiger partial charge in [-0.25, -0.2) is 13.6 Å². The lowest BCUT2D eigenvalue weighted by Gasteiger charge is -2.35. The standard InChI is InChI=1S/C22H33F2N3O5S/c1-14-10-19(25-33(29,30)26(2)3)20(27(14)22(28)31-4)13-32-21-9-8-16(12-18(21)24)15-6-5-7-17(23)11-15/h5-7,11,14,16,18-21,25H,8-10,12-13H2,1-4H3/t14-,16+,18?,19+,20+,21-/m1/s1. The molecule has 1 saturated heterocycles. The van der Waals surface area contributed by atoms with Gasteiger partial charge in [-0.3, -0.25) is 4.90 Å². The van der Waals surface area contributed by atoms with Crippen molar-refractivity contribution in [2.45, 2.75) is 68.9 Å². The van der Waals surface area contributed by atoms with Crippen LogP contribution in [0.3, 0.4) is 0 Å². The van der Waals surface area contributed by atoms with Gasteiger partial charge in [-0.2, -0.15) is 17.4 Å². The highest BCUT2D eigenvalue weighted by Crippen LogP contribution is 2.36. The van der Waals surface area contributed by atoms with E-state index in [-0.39, 0.29) is 30.8 Å². The summed E-state index contributed by atoms with van der Waals surface area (Å²) in [5.74, 6) is -0.431. The molecular weight excluding hydrogens is 456 g/mol. The minimum absolute atomic E-state index is 0.0320. The molecule has 1 aromatic carbocycles. The highest BCUT2D eigenvalue weighted by molar-refractivity contribution is 7.87. The molecule has 0 bridgehead atoms. The van der Waals surface area contributed by atoms with Crippen LogP contribution in [-0.4, -0.2) is 81.9 Å². The van der Waals surface area contributed by atoms with E-state index < -0.39 is 40.7 Å². The molecule has 33 heavy (non-hydrogen) atoms. The zero-order valence-electron chi connectivity index (χ0n) is 19.4. The number of rotatable bonds is 7. The number of halogens is 2. The summed E-state index contributed by atoms with van der Waals surface area (Å²) in [7, 11) is 0.338. The smallest absolute Gasteiger partial charge is 0.410 e. The highest BCUT2D eigenvalue weighted by atomic mass is 32.2. The van der Waals surface area contributed by atoms with Crippen molar-refractivity contribution in [3.05, 3.63) is 35.6 Å². The van der Waals surface area contributed by atoms with E-state index in [0.717, 1.165) is 9.87 Å². The molecule has 3 rings (SSSR count). The van der Waals surface area contributed by atoms with Gasteiger partial charge in [-0.1, -0.05) is 12.1 Å². The molecule has 1 aliphatic heterocycles. The number of alkyl halides is 1. The van der Waals surface area contributed by atoms with Crippen LogP contribution >= 0.6 is 0 Å². The molecule has 0 radical (unpaired) electrons. The van der Waals surface area contributed by atoms with Crippen LogP contribution in [0.1, 0.15) is 44.1 Å². The Kier molecular flexibility index (Phi) is 8.31. The normalized spacial score (nSPS) is 30.6. The molecule has 1 heterocycles. The largest absolute Gasteiger partial charge is 0.453 e. The van der Waals surface area contributed by atoms with Crippen LogP contribution in [0.15, 0.2) is 24.3 Å². The average Bonchev–Trinajstić information content (AvgIpc) is 3.06. The summed E-state index contributed by atoms with van der Waals surface area (Å²) in [4.78, 5) is 13.8. The fourth-order valence-electron chi connectivity index (χ4n) is 4.76. The fraction of sp³-hybridized carbons (Fsp3) is 0.682. The molecule has 2 fully saturated rings. The van der Waals surface area contributed by atoms with Crippen molar-refractivity contribution in [1.29, 1.82) is 0 Å². The Bertz CT molecular complexity index is 932. The van der Waals surface area contributed by atoms with Crippen molar-refractivity contribution >= 4 is 16.3 Å². The number of likely N-dealkylation sites (tertiary alicyclic amines) is 1. The Hall–Kier alpha value is -1.82. The number of nitrogens with zero attached hydrogens (tertiary/aromatic N) is 2. The van der Waals surface area contributed by atoms with Crippen molar-refractivity contribution in [3.8, 4) is 0 Å². The predicted molar refractivity (Wildman–Crippen MR) is 119 cm³/mol. The van der Waals surface area contributed by atoms with Crippen LogP contribution in [-0.2, 0) is 19.7 Å². The van der Waals surface area contributed by atoms with Gasteiger partial charge in [0, 0.05) is 26.2 Å². The number of amides is 1.